The lowest BCUT2D eigenvalue weighted by Gasteiger charge is -2.31. The number of rotatable bonds is 5. The molecule has 0 bridgehead atoms. The highest BCUT2D eigenvalue weighted by atomic mass is 16.5. The molecule has 1 atom stereocenters. The first-order valence-corrected chi connectivity index (χ1v) is 7.87. The number of ether oxygens (including phenoxy) is 1. The number of benzene rings is 1. The number of carbonyl (C=O) groups is 1. The van der Waals surface area contributed by atoms with Crippen LogP contribution < -0.4 is 0 Å². The van der Waals surface area contributed by atoms with E-state index in [4.69, 9.17) is 4.74 Å². The molecule has 1 saturated heterocycles. The van der Waals surface area contributed by atoms with E-state index in [0.29, 0.717) is 44.2 Å². The largest absolute Gasteiger partial charge is 0.508 e. The zero-order chi connectivity index (χ0) is 16.1. The average molecular weight is 307 g/mol. The van der Waals surface area contributed by atoms with Crippen LogP contribution in [0, 0.1) is 5.92 Å². The normalized spacial score (nSPS) is 16.8. The van der Waals surface area contributed by atoms with Gasteiger partial charge in [-0.2, -0.15) is 0 Å². The fraction of sp³-hybridized carbons (Fsp3) is 0.588. The maximum atomic E-state index is 12.8. The highest BCUT2D eigenvalue weighted by Crippen LogP contribution is 2.34. The van der Waals surface area contributed by atoms with E-state index < -0.39 is 0 Å². The van der Waals surface area contributed by atoms with Crippen molar-refractivity contribution < 1.29 is 19.7 Å². The summed E-state index contributed by atoms with van der Waals surface area (Å²) < 4.78 is 5.30. The van der Waals surface area contributed by atoms with Gasteiger partial charge in [0.05, 0.1) is 19.1 Å². The Morgan fingerprint density at radius 3 is 2.50 bits per heavy atom. The molecule has 0 saturated carbocycles. The Labute approximate surface area is 131 Å². The van der Waals surface area contributed by atoms with E-state index in [0.717, 1.165) is 6.42 Å². The highest BCUT2D eigenvalue weighted by Gasteiger charge is 2.29. The van der Waals surface area contributed by atoms with Crippen molar-refractivity contribution in [2.45, 2.75) is 32.6 Å². The first kappa shape index (κ1) is 16.6. The fourth-order valence-corrected chi connectivity index (χ4v) is 2.74. The summed E-state index contributed by atoms with van der Waals surface area (Å²) in [5.74, 6) is 0.128. The molecule has 1 aromatic rings. The molecule has 0 aliphatic carbocycles. The van der Waals surface area contributed by atoms with Crippen LogP contribution in [0.1, 0.15) is 38.2 Å². The summed E-state index contributed by atoms with van der Waals surface area (Å²) in [5.41, 5.74) is 0.593. The van der Waals surface area contributed by atoms with Crippen LogP contribution in [0.15, 0.2) is 18.2 Å². The Balaban J connectivity index is 2.22. The third-order valence-electron chi connectivity index (χ3n) is 4.04. The highest BCUT2D eigenvalue weighted by molar-refractivity contribution is 5.84. The number of aromatic hydroxyl groups is 2. The quantitative estimate of drug-likeness (QED) is 0.877. The molecule has 1 heterocycles. The van der Waals surface area contributed by atoms with Crippen LogP contribution in [0.4, 0.5) is 0 Å². The molecule has 122 valence electrons. The predicted octanol–water partition coefficient (Wildman–Crippen LogP) is 2.48. The zero-order valence-electron chi connectivity index (χ0n) is 13.3. The summed E-state index contributed by atoms with van der Waals surface area (Å²) >= 11 is 0. The topological polar surface area (TPSA) is 70.0 Å². The second kappa shape index (κ2) is 7.49. The van der Waals surface area contributed by atoms with Gasteiger partial charge in [-0.3, -0.25) is 4.79 Å². The summed E-state index contributed by atoms with van der Waals surface area (Å²) in [5, 5.41) is 19.6. The Morgan fingerprint density at radius 2 is 1.91 bits per heavy atom. The van der Waals surface area contributed by atoms with Crippen LogP contribution in [0.3, 0.4) is 0 Å². The molecule has 5 heteroatoms. The maximum Gasteiger partial charge on any atom is 0.230 e. The van der Waals surface area contributed by atoms with Gasteiger partial charge in [0.1, 0.15) is 11.5 Å². The Kier molecular flexibility index (Phi) is 5.66. The van der Waals surface area contributed by atoms with Crippen molar-refractivity contribution in [3.8, 4) is 11.5 Å². The van der Waals surface area contributed by atoms with E-state index in [1.54, 1.807) is 11.0 Å². The average Bonchev–Trinajstić information content (AvgIpc) is 2.49. The molecule has 2 N–H and O–H groups in total. The monoisotopic (exact) mass is 307 g/mol. The minimum Gasteiger partial charge on any atom is -0.508 e. The number of phenols is 2. The summed E-state index contributed by atoms with van der Waals surface area (Å²) in [6.45, 7) is 6.54. The third kappa shape index (κ3) is 4.13. The van der Waals surface area contributed by atoms with Gasteiger partial charge in [-0.05, 0) is 24.8 Å². The Morgan fingerprint density at radius 1 is 1.23 bits per heavy atom. The molecule has 1 unspecified atom stereocenters. The molecule has 1 aromatic carbocycles. The fourth-order valence-electron chi connectivity index (χ4n) is 2.74. The molecule has 1 fully saturated rings. The first-order valence-electron chi connectivity index (χ1n) is 7.87. The van der Waals surface area contributed by atoms with E-state index >= 15 is 0 Å². The summed E-state index contributed by atoms with van der Waals surface area (Å²) in [6, 6.07) is 4.46. The zero-order valence-corrected chi connectivity index (χ0v) is 13.3. The van der Waals surface area contributed by atoms with Gasteiger partial charge >= 0.3 is 0 Å². The summed E-state index contributed by atoms with van der Waals surface area (Å²) in [6.07, 6.45) is 1.59. The van der Waals surface area contributed by atoms with Gasteiger partial charge in [0.25, 0.3) is 0 Å². The van der Waals surface area contributed by atoms with Crippen LogP contribution in [0.2, 0.25) is 0 Å². The van der Waals surface area contributed by atoms with E-state index in [9.17, 15) is 15.0 Å². The van der Waals surface area contributed by atoms with E-state index in [1.807, 2.05) is 0 Å². The minimum atomic E-state index is -0.374. The molecule has 0 radical (unpaired) electrons. The molecular weight excluding hydrogens is 282 g/mol. The first-order chi connectivity index (χ1) is 10.5. The van der Waals surface area contributed by atoms with Gasteiger partial charge in [-0.25, -0.2) is 0 Å². The lowest BCUT2D eigenvalue weighted by Crippen LogP contribution is -2.43. The molecule has 2 rings (SSSR count). The Hall–Kier alpha value is -1.75. The van der Waals surface area contributed by atoms with Gasteiger partial charge in [0.15, 0.2) is 0 Å². The van der Waals surface area contributed by atoms with Crippen LogP contribution >= 0.6 is 0 Å². The van der Waals surface area contributed by atoms with Crippen molar-refractivity contribution in [2.75, 3.05) is 26.3 Å². The van der Waals surface area contributed by atoms with Crippen molar-refractivity contribution >= 4 is 5.91 Å². The van der Waals surface area contributed by atoms with Gasteiger partial charge in [-0.15, -0.1) is 0 Å². The van der Waals surface area contributed by atoms with Crippen molar-refractivity contribution in [1.82, 2.24) is 4.90 Å². The number of carbonyl (C=O) groups excluding carboxylic acids is 1. The van der Waals surface area contributed by atoms with Gasteiger partial charge in [0.2, 0.25) is 5.91 Å². The molecule has 1 aliphatic heterocycles. The van der Waals surface area contributed by atoms with Crippen molar-refractivity contribution in [1.29, 1.82) is 0 Å². The maximum absolute atomic E-state index is 12.8. The number of phenolic OH excluding ortho intramolecular Hbond substituents is 2. The van der Waals surface area contributed by atoms with E-state index in [-0.39, 0.29) is 23.3 Å². The Bertz CT molecular complexity index is 509. The summed E-state index contributed by atoms with van der Waals surface area (Å²) in [7, 11) is 0. The lowest BCUT2D eigenvalue weighted by atomic mass is 9.89. The predicted molar refractivity (Wildman–Crippen MR) is 84.0 cm³/mol. The van der Waals surface area contributed by atoms with Crippen LogP contribution in [0.25, 0.3) is 0 Å². The number of amides is 1. The second-order valence-electron chi connectivity index (χ2n) is 6.20. The molecule has 0 spiro atoms. The van der Waals surface area contributed by atoms with Crippen molar-refractivity contribution in [2.24, 2.45) is 5.92 Å². The smallest absolute Gasteiger partial charge is 0.230 e. The summed E-state index contributed by atoms with van der Waals surface area (Å²) in [4.78, 5) is 14.7. The number of hydrogen-bond donors (Lipinski definition) is 2. The number of nitrogens with zero attached hydrogens (tertiary/aromatic N) is 1. The van der Waals surface area contributed by atoms with Crippen molar-refractivity contribution in [3.63, 3.8) is 0 Å². The third-order valence-corrected chi connectivity index (χ3v) is 4.04. The molecule has 1 amide bonds. The van der Waals surface area contributed by atoms with Gasteiger partial charge in [-0.1, -0.05) is 19.9 Å². The van der Waals surface area contributed by atoms with Gasteiger partial charge < -0.3 is 19.8 Å². The van der Waals surface area contributed by atoms with Crippen LogP contribution in [-0.2, 0) is 9.53 Å². The van der Waals surface area contributed by atoms with Gasteiger partial charge in [0, 0.05) is 24.7 Å². The lowest BCUT2D eigenvalue weighted by molar-refractivity contribution is -0.137. The van der Waals surface area contributed by atoms with Crippen LogP contribution in [0.5, 0.6) is 11.5 Å². The molecule has 22 heavy (non-hydrogen) atoms. The SMILES string of the molecule is CC(C)CCC(C(=O)N1CCOCC1)c1ccc(O)cc1O. The van der Waals surface area contributed by atoms with Crippen LogP contribution in [-0.4, -0.2) is 47.3 Å². The molecular formula is C17H25NO4. The van der Waals surface area contributed by atoms with Crippen molar-refractivity contribution in [3.05, 3.63) is 23.8 Å². The van der Waals surface area contributed by atoms with E-state index in [2.05, 4.69) is 13.8 Å². The second-order valence-corrected chi connectivity index (χ2v) is 6.20. The minimum absolute atomic E-state index is 0.00248. The molecule has 0 aromatic heterocycles. The van der Waals surface area contributed by atoms with E-state index in [1.165, 1.54) is 12.1 Å². The number of morpholine rings is 1. The molecule has 1 aliphatic rings. The molecule has 5 nitrogen and oxygen atoms in total. The standard InChI is InChI=1S/C17H25NO4/c1-12(2)3-5-15(14-6-4-13(19)11-16(14)20)17(21)18-7-9-22-10-8-18/h4,6,11-12,15,19-20H,3,5,7-10H2,1-2H3. The number of hydrogen-bond acceptors (Lipinski definition) is 4.